The molecule has 2 rings (SSSR count). The molecule has 11 heteroatoms. The van der Waals surface area contributed by atoms with Crippen molar-refractivity contribution in [2.75, 3.05) is 37.3 Å². The molecule has 2 amide bonds. The highest BCUT2D eigenvalue weighted by molar-refractivity contribution is 7.07. The predicted octanol–water partition coefficient (Wildman–Crippen LogP) is 0.902. The van der Waals surface area contributed by atoms with Crippen LogP contribution in [0.4, 0.5) is 11.6 Å². The number of carbonyl (C=O) groups excluding carboxylic acids is 2. The van der Waals surface area contributed by atoms with Crippen molar-refractivity contribution in [3.63, 3.8) is 0 Å². The number of nitriles is 1. The molecule has 2 heterocycles. The van der Waals surface area contributed by atoms with E-state index in [2.05, 4.69) is 34.8 Å². The SMILES string of the molecule is CCNC(=O)C(C#N)=c1sc(=CNc2cccc(NC(=O)CN(C)CCC(C)C)n2)c(=O)n1CC. The van der Waals surface area contributed by atoms with Crippen LogP contribution in [0.1, 0.15) is 34.1 Å². The quantitative estimate of drug-likeness (QED) is 0.418. The van der Waals surface area contributed by atoms with Crippen LogP contribution in [0.25, 0.3) is 11.8 Å². The molecule has 0 saturated heterocycles. The Morgan fingerprint density at radius 2 is 2.00 bits per heavy atom. The number of amides is 2. The summed E-state index contributed by atoms with van der Waals surface area (Å²) >= 11 is 1.05. The van der Waals surface area contributed by atoms with Crippen LogP contribution in [0, 0.1) is 17.2 Å². The summed E-state index contributed by atoms with van der Waals surface area (Å²) in [4.78, 5) is 43.8. The van der Waals surface area contributed by atoms with Crippen LogP contribution in [-0.2, 0) is 16.1 Å². The average molecular weight is 500 g/mol. The third kappa shape index (κ3) is 8.05. The van der Waals surface area contributed by atoms with Gasteiger partial charge in [0.2, 0.25) is 5.91 Å². The summed E-state index contributed by atoms with van der Waals surface area (Å²) < 4.78 is 2.02. The molecule has 0 fully saturated rings. The first-order chi connectivity index (χ1) is 16.7. The Morgan fingerprint density at radius 1 is 1.29 bits per heavy atom. The Morgan fingerprint density at radius 3 is 2.63 bits per heavy atom. The Hall–Kier alpha value is -3.49. The first-order valence-electron chi connectivity index (χ1n) is 11.5. The largest absolute Gasteiger partial charge is 0.352 e. The van der Waals surface area contributed by atoms with Gasteiger partial charge in [0.05, 0.1) is 6.54 Å². The number of anilines is 2. The normalized spacial score (nSPS) is 12.5. The second-order valence-corrected chi connectivity index (χ2v) is 9.36. The second-order valence-electron chi connectivity index (χ2n) is 8.33. The topological polar surface area (TPSA) is 132 Å². The van der Waals surface area contributed by atoms with E-state index in [4.69, 9.17) is 0 Å². The summed E-state index contributed by atoms with van der Waals surface area (Å²) in [6.45, 7) is 9.60. The summed E-state index contributed by atoms with van der Waals surface area (Å²) in [6.07, 6.45) is 2.50. The van der Waals surface area contributed by atoms with Gasteiger partial charge in [-0.1, -0.05) is 19.9 Å². The lowest BCUT2D eigenvalue weighted by atomic mass is 10.1. The second kappa shape index (κ2) is 13.4. The lowest BCUT2D eigenvalue weighted by Crippen LogP contribution is -2.34. The molecule has 0 aromatic carbocycles. The van der Waals surface area contributed by atoms with Crippen molar-refractivity contribution in [1.82, 2.24) is 19.8 Å². The molecule has 2 aromatic heterocycles. The number of hydrogen-bond donors (Lipinski definition) is 3. The number of nitrogens with one attached hydrogen (secondary N) is 3. The summed E-state index contributed by atoms with van der Waals surface area (Å²) in [6, 6.07) is 7.04. The molecule has 0 bridgehead atoms. The Bertz CT molecular complexity index is 1260. The molecule has 0 atom stereocenters. The van der Waals surface area contributed by atoms with Gasteiger partial charge in [-0.25, -0.2) is 4.98 Å². The van der Waals surface area contributed by atoms with Crippen LogP contribution >= 0.6 is 11.3 Å². The minimum absolute atomic E-state index is 0.100. The van der Waals surface area contributed by atoms with Gasteiger partial charge >= 0.3 is 0 Å². The highest BCUT2D eigenvalue weighted by Crippen LogP contribution is 2.09. The maximum atomic E-state index is 12.8. The summed E-state index contributed by atoms with van der Waals surface area (Å²) in [5, 5.41) is 17.8. The van der Waals surface area contributed by atoms with Gasteiger partial charge in [-0.15, -0.1) is 11.3 Å². The number of aromatic nitrogens is 2. The number of likely N-dealkylation sites (N-methyl/N-ethyl adjacent to an activating group) is 1. The van der Waals surface area contributed by atoms with Gasteiger partial charge in [0.15, 0.2) is 5.57 Å². The van der Waals surface area contributed by atoms with Gasteiger partial charge in [0.25, 0.3) is 11.5 Å². The first kappa shape index (κ1) is 27.8. The number of thiazole rings is 1. The smallest absolute Gasteiger partial charge is 0.270 e. The van der Waals surface area contributed by atoms with E-state index in [1.54, 1.807) is 32.0 Å². The fourth-order valence-electron chi connectivity index (χ4n) is 3.15. The van der Waals surface area contributed by atoms with E-state index in [0.717, 1.165) is 24.3 Å². The van der Waals surface area contributed by atoms with Crippen molar-refractivity contribution < 1.29 is 9.59 Å². The zero-order valence-corrected chi connectivity index (χ0v) is 21.7. The van der Waals surface area contributed by atoms with Crippen molar-refractivity contribution >= 4 is 46.6 Å². The summed E-state index contributed by atoms with van der Waals surface area (Å²) in [5.74, 6) is 0.711. The molecule has 2 aromatic rings. The molecule has 188 valence electrons. The number of nitrogens with zero attached hydrogens (tertiary/aromatic N) is 4. The minimum atomic E-state index is -0.516. The minimum Gasteiger partial charge on any atom is -0.352 e. The molecular weight excluding hydrogens is 466 g/mol. The van der Waals surface area contributed by atoms with Gasteiger partial charge in [-0.2, -0.15) is 5.26 Å². The fourth-order valence-corrected chi connectivity index (χ4v) is 4.23. The Kier molecular flexibility index (Phi) is 10.6. The zero-order valence-electron chi connectivity index (χ0n) is 20.8. The highest BCUT2D eigenvalue weighted by Gasteiger charge is 2.14. The van der Waals surface area contributed by atoms with Crippen LogP contribution in [0.5, 0.6) is 0 Å². The van der Waals surface area contributed by atoms with Crippen molar-refractivity contribution in [3.05, 3.63) is 37.7 Å². The highest BCUT2D eigenvalue weighted by atomic mass is 32.1. The number of carbonyl (C=O) groups is 2. The molecule has 0 aliphatic carbocycles. The third-order valence-electron chi connectivity index (χ3n) is 4.98. The monoisotopic (exact) mass is 499 g/mol. The summed E-state index contributed by atoms with van der Waals surface area (Å²) in [7, 11) is 1.90. The molecule has 0 aliphatic heterocycles. The number of hydrogen-bond acceptors (Lipinski definition) is 8. The molecule has 3 N–H and O–H groups in total. The molecule has 35 heavy (non-hydrogen) atoms. The van der Waals surface area contributed by atoms with Gasteiger partial charge in [-0.05, 0) is 51.9 Å². The lowest BCUT2D eigenvalue weighted by Gasteiger charge is -2.17. The number of rotatable bonds is 11. The van der Waals surface area contributed by atoms with Crippen LogP contribution in [0.15, 0.2) is 23.0 Å². The summed E-state index contributed by atoms with van der Waals surface area (Å²) in [5.41, 5.74) is -0.414. The van der Waals surface area contributed by atoms with E-state index in [1.807, 2.05) is 18.0 Å². The molecule has 0 radical (unpaired) electrons. The molecule has 0 unspecified atom stereocenters. The molecule has 0 saturated carbocycles. The fraction of sp³-hybridized carbons (Fsp3) is 0.458. The molecule has 10 nitrogen and oxygen atoms in total. The maximum Gasteiger partial charge on any atom is 0.270 e. The molecular formula is C24H33N7O3S. The van der Waals surface area contributed by atoms with Crippen LogP contribution < -0.4 is 30.7 Å². The third-order valence-corrected chi connectivity index (χ3v) is 6.11. The Balaban J connectivity index is 2.23. The zero-order chi connectivity index (χ0) is 26.0. The Labute approximate surface area is 209 Å². The van der Waals surface area contributed by atoms with Crippen LogP contribution in [0.2, 0.25) is 0 Å². The van der Waals surface area contributed by atoms with E-state index in [9.17, 15) is 19.6 Å². The van der Waals surface area contributed by atoms with Crippen molar-refractivity contribution in [2.45, 2.75) is 40.7 Å². The van der Waals surface area contributed by atoms with Gasteiger partial charge < -0.3 is 16.0 Å². The first-order valence-corrected chi connectivity index (χ1v) is 12.4. The molecule has 0 aliphatic rings. The predicted molar refractivity (Wildman–Crippen MR) is 139 cm³/mol. The van der Waals surface area contributed by atoms with E-state index < -0.39 is 5.91 Å². The van der Waals surface area contributed by atoms with Crippen LogP contribution in [0.3, 0.4) is 0 Å². The van der Waals surface area contributed by atoms with E-state index in [0.29, 0.717) is 39.8 Å². The van der Waals surface area contributed by atoms with E-state index >= 15 is 0 Å². The van der Waals surface area contributed by atoms with Crippen molar-refractivity contribution in [1.29, 1.82) is 5.26 Å². The number of pyridine rings is 1. The van der Waals surface area contributed by atoms with Crippen LogP contribution in [-0.4, -0.2) is 52.9 Å². The standard InChI is InChI=1S/C24H33N7O3S/c1-6-26-22(33)17(13-25)24-31(7-2)23(34)18(35-24)14-27-19-9-8-10-20(28-19)29-21(32)15-30(5)12-11-16(3)4/h8-10,14,16H,6-7,11-12,15H2,1-5H3,(H,26,33)(H2,27,28,29,32). The maximum absolute atomic E-state index is 12.8. The van der Waals surface area contributed by atoms with Gasteiger partial charge in [0.1, 0.15) is 26.9 Å². The van der Waals surface area contributed by atoms with Crippen molar-refractivity contribution in [3.8, 4) is 6.07 Å². The van der Waals surface area contributed by atoms with E-state index in [1.165, 1.54) is 10.8 Å². The van der Waals surface area contributed by atoms with Crippen molar-refractivity contribution in [2.24, 2.45) is 5.92 Å². The van der Waals surface area contributed by atoms with Gasteiger partial charge in [-0.3, -0.25) is 23.9 Å². The van der Waals surface area contributed by atoms with E-state index in [-0.39, 0.29) is 23.6 Å². The lowest BCUT2D eigenvalue weighted by molar-refractivity contribution is -0.117. The average Bonchev–Trinajstić information content (AvgIpc) is 3.12. The van der Waals surface area contributed by atoms with Gasteiger partial charge in [0, 0.05) is 19.3 Å². The molecule has 0 spiro atoms.